The Morgan fingerprint density at radius 2 is 1.91 bits per heavy atom. The molecule has 2 N–H and O–H groups in total. The van der Waals surface area contributed by atoms with E-state index in [4.69, 9.17) is 10.5 Å². The lowest BCUT2D eigenvalue weighted by Crippen LogP contribution is -2.41. The number of Topliss-reactive ketones (excluding diaryl/α,β-unsaturated/α-hetero) is 1. The minimum Gasteiger partial charge on any atom is -0.494 e. The van der Waals surface area contributed by atoms with Gasteiger partial charge in [0.2, 0.25) is 0 Å². The van der Waals surface area contributed by atoms with E-state index in [-0.39, 0.29) is 23.1 Å². The molecular weight excluding hydrogens is 404 g/mol. The molecular formula is C25H34N4O3. The second kappa shape index (κ2) is 8.81. The molecule has 7 nitrogen and oxygen atoms in total. The number of carbonyl (C=O) groups is 2. The lowest BCUT2D eigenvalue weighted by Gasteiger charge is -2.25. The van der Waals surface area contributed by atoms with Gasteiger partial charge in [-0.1, -0.05) is 39.8 Å². The molecule has 172 valence electrons. The van der Waals surface area contributed by atoms with Crippen LogP contribution in [0.5, 0.6) is 5.75 Å². The summed E-state index contributed by atoms with van der Waals surface area (Å²) in [5.74, 6) is 0.567. The third-order valence-corrected chi connectivity index (χ3v) is 5.87. The molecule has 1 aromatic carbocycles. The number of nitrogens with two attached hydrogens (primary N) is 1. The van der Waals surface area contributed by atoms with E-state index in [1.807, 2.05) is 48.9 Å². The van der Waals surface area contributed by atoms with Crippen molar-refractivity contribution in [2.75, 3.05) is 13.7 Å². The molecule has 0 bridgehead atoms. The lowest BCUT2D eigenvalue weighted by molar-refractivity contribution is -0.129. The van der Waals surface area contributed by atoms with Crippen LogP contribution in [0, 0.1) is 5.41 Å². The number of nitrogens with zero attached hydrogens (tertiary/aromatic N) is 3. The molecule has 1 amide bonds. The molecule has 0 saturated carbocycles. The monoisotopic (exact) mass is 438 g/mol. The first kappa shape index (κ1) is 23.6. The van der Waals surface area contributed by atoms with Gasteiger partial charge in [0.25, 0.3) is 5.91 Å². The van der Waals surface area contributed by atoms with Gasteiger partial charge in [0.1, 0.15) is 5.75 Å². The van der Waals surface area contributed by atoms with Gasteiger partial charge < -0.3 is 15.0 Å². The molecule has 1 aliphatic heterocycles. The number of likely N-dealkylation sites (N-methyl/N-ethyl adjacent to an activating group) is 1. The molecule has 2 heterocycles. The number of aryl methyl sites for hydroxylation is 1. The highest BCUT2D eigenvalue weighted by Crippen LogP contribution is 2.41. The molecule has 0 fully saturated rings. The van der Waals surface area contributed by atoms with E-state index in [0.717, 1.165) is 6.42 Å². The predicted molar refractivity (Wildman–Crippen MR) is 126 cm³/mol. The number of guanidine groups is 1. The zero-order chi connectivity index (χ0) is 23.7. The van der Waals surface area contributed by atoms with Gasteiger partial charge in [0.05, 0.1) is 12.3 Å². The number of hydrogen-bond donors (Lipinski definition) is 1. The Kier molecular flexibility index (Phi) is 6.49. The van der Waals surface area contributed by atoms with E-state index < -0.39 is 5.54 Å². The van der Waals surface area contributed by atoms with Crippen molar-refractivity contribution in [3.05, 3.63) is 53.3 Å². The summed E-state index contributed by atoms with van der Waals surface area (Å²) < 4.78 is 7.86. The van der Waals surface area contributed by atoms with Crippen LogP contribution in [-0.2, 0) is 16.9 Å². The number of ether oxygens (including phenoxy) is 1. The van der Waals surface area contributed by atoms with Crippen LogP contribution in [0.2, 0.25) is 0 Å². The Morgan fingerprint density at radius 1 is 1.19 bits per heavy atom. The summed E-state index contributed by atoms with van der Waals surface area (Å²) in [6, 6.07) is 9.21. The van der Waals surface area contributed by atoms with Crippen molar-refractivity contribution in [2.45, 2.75) is 59.5 Å². The minimum atomic E-state index is -1.36. The van der Waals surface area contributed by atoms with E-state index >= 15 is 0 Å². The first-order valence-electron chi connectivity index (χ1n) is 11.1. The van der Waals surface area contributed by atoms with Crippen molar-refractivity contribution in [1.82, 2.24) is 9.47 Å². The van der Waals surface area contributed by atoms with Gasteiger partial charge in [-0.15, -0.1) is 0 Å². The molecule has 1 unspecified atom stereocenters. The summed E-state index contributed by atoms with van der Waals surface area (Å²) in [6.45, 7) is 11.5. The van der Waals surface area contributed by atoms with Gasteiger partial charge in [-0.2, -0.15) is 0 Å². The number of aromatic nitrogens is 1. The van der Waals surface area contributed by atoms with Crippen molar-refractivity contribution in [2.24, 2.45) is 16.1 Å². The molecule has 2 aromatic rings. The van der Waals surface area contributed by atoms with E-state index in [0.29, 0.717) is 42.1 Å². The molecule has 0 spiro atoms. The van der Waals surface area contributed by atoms with Crippen LogP contribution in [0.15, 0.2) is 41.5 Å². The number of rotatable bonds is 8. The molecule has 32 heavy (non-hydrogen) atoms. The minimum absolute atomic E-state index is 0.0169. The largest absolute Gasteiger partial charge is 0.494 e. The first-order chi connectivity index (χ1) is 15.0. The van der Waals surface area contributed by atoms with Gasteiger partial charge in [-0.25, -0.2) is 4.99 Å². The zero-order valence-electron chi connectivity index (χ0n) is 19.9. The van der Waals surface area contributed by atoms with E-state index in [1.165, 1.54) is 4.90 Å². The number of ketones is 1. The maximum Gasteiger partial charge on any atom is 0.266 e. The molecule has 1 atom stereocenters. The second-order valence-corrected chi connectivity index (χ2v) is 9.41. The molecule has 1 aliphatic rings. The summed E-state index contributed by atoms with van der Waals surface area (Å²) in [6.07, 6.45) is 3.12. The third kappa shape index (κ3) is 4.29. The smallest absolute Gasteiger partial charge is 0.266 e. The highest BCUT2D eigenvalue weighted by atomic mass is 16.5. The molecule has 3 rings (SSSR count). The van der Waals surface area contributed by atoms with E-state index in [9.17, 15) is 9.59 Å². The van der Waals surface area contributed by atoms with Gasteiger partial charge >= 0.3 is 0 Å². The number of benzene rings is 1. The number of carbonyl (C=O) groups excluding carboxylic acids is 2. The van der Waals surface area contributed by atoms with Crippen molar-refractivity contribution < 1.29 is 14.3 Å². The molecule has 0 saturated heterocycles. The summed E-state index contributed by atoms with van der Waals surface area (Å²) in [4.78, 5) is 32.1. The lowest BCUT2D eigenvalue weighted by atomic mass is 9.84. The molecule has 7 heteroatoms. The maximum absolute atomic E-state index is 13.5. The molecule has 0 radical (unpaired) electrons. The Bertz CT molecular complexity index is 1050. The van der Waals surface area contributed by atoms with Crippen LogP contribution in [0.1, 0.15) is 69.1 Å². The average molecular weight is 439 g/mol. The van der Waals surface area contributed by atoms with E-state index in [2.05, 4.69) is 25.8 Å². The number of aliphatic imine (C=N–C) groups is 1. The fourth-order valence-corrected chi connectivity index (χ4v) is 3.86. The number of hydrogen-bond acceptors (Lipinski definition) is 5. The van der Waals surface area contributed by atoms with Crippen LogP contribution in [0.25, 0.3) is 0 Å². The van der Waals surface area contributed by atoms with Crippen molar-refractivity contribution in [1.29, 1.82) is 0 Å². The number of amides is 1. The van der Waals surface area contributed by atoms with Gasteiger partial charge in [-0.3, -0.25) is 14.5 Å². The Labute approximate surface area is 190 Å². The van der Waals surface area contributed by atoms with E-state index in [1.54, 1.807) is 13.1 Å². The zero-order valence-corrected chi connectivity index (χ0v) is 19.9. The summed E-state index contributed by atoms with van der Waals surface area (Å²) in [5, 5.41) is 0. The summed E-state index contributed by atoms with van der Waals surface area (Å²) >= 11 is 0. The van der Waals surface area contributed by atoms with Gasteiger partial charge in [0, 0.05) is 31.8 Å². The first-order valence-corrected chi connectivity index (χ1v) is 11.1. The Balaban J connectivity index is 2.10. The second-order valence-electron chi connectivity index (χ2n) is 9.41. The van der Waals surface area contributed by atoms with Crippen LogP contribution >= 0.6 is 0 Å². The summed E-state index contributed by atoms with van der Waals surface area (Å²) in [7, 11) is 1.61. The maximum atomic E-state index is 13.5. The predicted octanol–water partition coefficient (Wildman–Crippen LogP) is 3.95. The van der Waals surface area contributed by atoms with Crippen LogP contribution in [-0.4, -0.2) is 40.8 Å². The van der Waals surface area contributed by atoms with Crippen LogP contribution in [0.4, 0.5) is 0 Å². The quantitative estimate of drug-likeness (QED) is 0.632. The van der Waals surface area contributed by atoms with Gasteiger partial charge in [-0.05, 0) is 42.5 Å². The molecule has 1 aromatic heterocycles. The fraction of sp³-hybridized carbons (Fsp3) is 0.480. The highest BCUT2D eigenvalue weighted by Gasteiger charge is 2.50. The standard InChI is InChI=1S/C25H34N4O3/c1-7-21(30)20-15-18(16-29(20)8-2)25(22(31)28(6)23(26)27-25)17-10-9-11-19(14-17)32-13-12-24(3,4)5/h9-11,14-16H,7-8,12-13H2,1-6H3,(H2,26,27). The molecule has 0 aliphatic carbocycles. The normalized spacial score (nSPS) is 18.8. The Hall–Kier alpha value is -3.09. The highest BCUT2D eigenvalue weighted by molar-refractivity contribution is 6.09. The fourth-order valence-electron chi connectivity index (χ4n) is 3.86. The Morgan fingerprint density at radius 3 is 2.47 bits per heavy atom. The third-order valence-electron chi connectivity index (χ3n) is 5.87. The topological polar surface area (TPSA) is 89.9 Å². The van der Waals surface area contributed by atoms with Crippen molar-refractivity contribution >= 4 is 17.6 Å². The van der Waals surface area contributed by atoms with Crippen molar-refractivity contribution in [3.63, 3.8) is 0 Å². The van der Waals surface area contributed by atoms with Crippen LogP contribution < -0.4 is 10.5 Å². The van der Waals surface area contributed by atoms with Crippen LogP contribution in [0.3, 0.4) is 0 Å². The summed E-state index contributed by atoms with van der Waals surface area (Å²) in [5.41, 5.74) is 6.75. The SMILES string of the molecule is CCC(=O)c1cc(C2(c3cccc(OCCC(C)(C)C)c3)N=C(N)N(C)C2=O)cn1CC. The van der Waals surface area contributed by atoms with Gasteiger partial charge in [0.15, 0.2) is 17.3 Å². The van der Waals surface area contributed by atoms with Crippen molar-refractivity contribution in [3.8, 4) is 5.75 Å². The average Bonchev–Trinajstić information content (AvgIpc) is 3.28.